The van der Waals surface area contributed by atoms with Crippen LogP contribution in [0.2, 0.25) is 0 Å². The van der Waals surface area contributed by atoms with Gasteiger partial charge in [0.05, 0.1) is 0 Å². The lowest BCUT2D eigenvalue weighted by atomic mass is 10.0. The van der Waals surface area contributed by atoms with Crippen molar-refractivity contribution in [2.45, 2.75) is 32.2 Å². The van der Waals surface area contributed by atoms with Crippen LogP contribution in [0.15, 0.2) is 54.6 Å². The van der Waals surface area contributed by atoms with E-state index in [0.29, 0.717) is 5.75 Å². The first-order valence-corrected chi connectivity index (χ1v) is 11.4. The van der Waals surface area contributed by atoms with E-state index < -0.39 is 12.4 Å². The molecule has 0 spiro atoms. The van der Waals surface area contributed by atoms with Gasteiger partial charge in [0.25, 0.3) is 6.43 Å². The highest BCUT2D eigenvalue weighted by Gasteiger charge is 2.21. The number of nitrogens with zero attached hydrogens (tertiary/aromatic N) is 1. The number of hydrogen-bond acceptors (Lipinski definition) is 4. The number of ether oxygens (including phenoxy) is 1. The highest BCUT2D eigenvalue weighted by molar-refractivity contribution is 7.15. The van der Waals surface area contributed by atoms with Crippen molar-refractivity contribution in [2.75, 3.05) is 19.7 Å². The Bertz CT molecular complexity index is 1080. The Labute approximate surface area is 190 Å². The summed E-state index contributed by atoms with van der Waals surface area (Å²) in [5, 5.41) is 8.81. The maximum Gasteiger partial charge on any atom is 0.341 e. The molecule has 0 radical (unpaired) electrons. The Morgan fingerprint density at radius 3 is 2.47 bits per heavy atom. The van der Waals surface area contributed by atoms with Gasteiger partial charge in [-0.3, -0.25) is 4.90 Å². The van der Waals surface area contributed by atoms with Gasteiger partial charge in [-0.2, -0.15) is 0 Å². The molecule has 1 N–H and O–H groups in total. The van der Waals surface area contributed by atoms with Gasteiger partial charge < -0.3 is 9.84 Å². The second kappa shape index (κ2) is 9.79. The average Bonchev–Trinajstić information content (AvgIpc) is 3.18. The van der Waals surface area contributed by atoms with Crippen LogP contribution in [0, 0.1) is 0 Å². The van der Waals surface area contributed by atoms with Crippen LogP contribution in [0.3, 0.4) is 0 Å². The Morgan fingerprint density at radius 2 is 1.78 bits per heavy atom. The van der Waals surface area contributed by atoms with E-state index in [1.54, 1.807) is 23.5 Å². The fourth-order valence-corrected chi connectivity index (χ4v) is 5.15. The fourth-order valence-electron chi connectivity index (χ4n) is 4.05. The molecule has 4 nitrogen and oxygen atoms in total. The highest BCUT2D eigenvalue weighted by Crippen LogP contribution is 2.35. The van der Waals surface area contributed by atoms with E-state index >= 15 is 0 Å². The third kappa shape index (κ3) is 5.16. The van der Waals surface area contributed by atoms with E-state index in [2.05, 4.69) is 24.0 Å². The van der Waals surface area contributed by atoms with Crippen LogP contribution in [0.4, 0.5) is 8.78 Å². The third-order valence-corrected chi connectivity index (χ3v) is 7.21. The lowest BCUT2D eigenvalue weighted by molar-refractivity contribution is -0.139. The second-order valence-electron chi connectivity index (χ2n) is 7.95. The van der Waals surface area contributed by atoms with Gasteiger partial charge in [-0.1, -0.05) is 30.3 Å². The van der Waals surface area contributed by atoms with Crippen LogP contribution in [0.25, 0.3) is 10.4 Å². The number of carboxylic acids is 1. The van der Waals surface area contributed by atoms with Gasteiger partial charge >= 0.3 is 5.97 Å². The van der Waals surface area contributed by atoms with Gasteiger partial charge in [0.15, 0.2) is 6.61 Å². The number of fused-ring (bicyclic) bond motifs is 1. The van der Waals surface area contributed by atoms with Crippen molar-refractivity contribution in [1.82, 2.24) is 4.90 Å². The quantitative estimate of drug-likeness (QED) is 0.474. The molecule has 1 aromatic heterocycles. The first-order chi connectivity index (χ1) is 15.4. The van der Waals surface area contributed by atoms with Crippen LogP contribution < -0.4 is 4.74 Å². The SMILES string of the molecule is CC(c1ccc(-c2ccc(C(F)F)cc2)s1)N1CCc2ccc(OCC(=O)O)cc2CC1. The summed E-state index contributed by atoms with van der Waals surface area (Å²) in [6.45, 7) is 3.69. The third-order valence-electron chi connectivity index (χ3n) is 5.91. The molecule has 168 valence electrons. The van der Waals surface area contributed by atoms with E-state index in [0.717, 1.165) is 36.4 Å². The predicted molar refractivity (Wildman–Crippen MR) is 122 cm³/mol. The van der Waals surface area contributed by atoms with Crippen molar-refractivity contribution in [3.8, 4) is 16.2 Å². The van der Waals surface area contributed by atoms with Crippen molar-refractivity contribution in [3.05, 3.63) is 76.2 Å². The van der Waals surface area contributed by atoms with Crippen molar-refractivity contribution < 1.29 is 23.4 Å². The van der Waals surface area contributed by atoms with Crippen molar-refractivity contribution in [1.29, 1.82) is 0 Å². The molecule has 0 aliphatic carbocycles. The predicted octanol–water partition coefficient (Wildman–Crippen LogP) is 5.98. The molecule has 7 heteroatoms. The topological polar surface area (TPSA) is 49.8 Å². The minimum Gasteiger partial charge on any atom is -0.482 e. The van der Waals surface area contributed by atoms with Crippen LogP contribution in [0.5, 0.6) is 5.75 Å². The van der Waals surface area contributed by atoms with Gasteiger partial charge in [-0.15, -0.1) is 11.3 Å². The van der Waals surface area contributed by atoms with Gasteiger partial charge in [0, 0.05) is 34.4 Å². The minimum atomic E-state index is -2.45. The molecule has 1 aliphatic rings. The first kappa shape index (κ1) is 22.4. The number of benzene rings is 2. The molecule has 0 fully saturated rings. The molecule has 2 aromatic carbocycles. The highest BCUT2D eigenvalue weighted by atomic mass is 32.1. The molecule has 1 unspecified atom stereocenters. The summed E-state index contributed by atoms with van der Waals surface area (Å²) in [5.74, 6) is -0.395. The summed E-state index contributed by atoms with van der Waals surface area (Å²) in [5.41, 5.74) is 3.47. The molecule has 4 rings (SSSR count). The molecule has 0 amide bonds. The standard InChI is InChI=1S/C25H25F2NO3S/c1-16(22-8-9-23(32-22)18-2-4-19(5-3-18)25(26)27)28-12-10-17-6-7-21(31-15-24(29)30)14-20(17)11-13-28/h2-9,14,16,25H,10-13,15H2,1H3,(H,29,30). The number of halogens is 2. The summed E-state index contributed by atoms with van der Waals surface area (Å²) in [6.07, 6.45) is -0.654. The van der Waals surface area contributed by atoms with Crippen LogP contribution in [-0.2, 0) is 17.6 Å². The zero-order chi connectivity index (χ0) is 22.7. The zero-order valence-electron chi connectivity index (χ0n) is 17.8. The summed E-state index contributed by atoms with van der Waals surface area (Å²) in [7, 11) is 0. The Morgan fingerprint density at radius 1 is 1.06 bits per heavy atom. The smallest absolute Gasteiger partial charge is 0.341 e. The van der Waals surface area contributed by atoms with Gasteiger partial charge in [0.1, 0.15) is 5.75 Å². The largest absolute Gasteiger partial charge is 0.482 e. The molecule has 2 heterocycles. The van der Waals surface area contributed by atoms with Crippen molar-refractivity contribution in [2.24, 2.45) is 0 Å². The molecule has 1 atom stereocenters. The molecule has 0 saturated heterocycles. The average molecular weight is 458 g/mol. The number of carbonyl (C=O) groups is 1. The molecule has 0 saturated carbocycles. The zero-order valence-corrected chi connectivity index (χ0v) is 18.6. The monoisotopic (exact) mass is 457 g/mol. The Balaban J connectivity index is 1.43. The maximum atomic E-state index is 12.8. The first-order valence-electron chi connectivity index (χ1n) is 10.6. The van der Waals surface area contributed by atoms with E-state index in [4.69, 9.17) is 9.84 Å². The van der Waals surface area contributed by atoms with Crippen LogP contribution in [-0.4, -0.2) is 35.7 Å². The van der Waals surface area contributed by atoms with Crippen LogP contribution in [0.1, 0.15) is 41.0 Å². The molecule has 1 aliphatic heterocycles. The van der Waals surface area contributed by atoms with E-state index in [1.807, 2.05) is 18.2 Å². The second-order valence-corrected chi connectivity index (χ2v) is 9.06. The maximum absolute atomic E-state index is 12.8. The molecular weight excluding hydrogens is 432 g/mol. The van der Waals surface area contributed by atoms with E-state index in [9.17, 15) is 13.6 Å². The summed E-state index contributed by atoms with van der Waals surface area (Å²) < 4.78 is 30.9. The number of thiophene rings is 1. The number of aliphatic carboxylic acids is 1. The van der Waals surface area contributed by atoms with Crippen molar-refractivity contribution >= 4 is 17.3 Å². The summed E-state index contributed by atoms with van der Waals surface area (Å²) in [4.78, 5) is 15.5. The van der Waals surface area contributed by atoms with E-state index in [1.165, 1.54) is 28.1 Å². The summed E-state index contributed by atoms with van der Waals surface area (Å²) >= 11 is 1.70. The normalized spacial score (nSPS) is 15.2. The van der Waals surface area contributed by atoms with Gasteiger partial charge in [-0.05, 0) is 60.7 Å². The van der Waals surface area contributed by atoms with Crippen molar-refractivity contribution in [3.63, 3.8) is 0 Å². The summed E-state index contributed by atoms with van der Waals surface area (Å²) in [6, 6.07) is 16.8. The number of rotatable bonds is 7. The molecule has 32 heavy (non-hydrogen) atoms. The lowest BCUT2D eigenvalue weighted by Gasteiger charge is -2.26. The number of carboxylic acid groups (broad SMARTS) is 1. The van der Waals surface area contributed by atoms with Gasteiger partial charge in [-0.25, -0.2) is 13.6 Å². The van der Waals surface area contributed by atoms with Crippen LogP contribution >= 0.6 is 11.3 Å². The molecule has 0 bridgehead atoms. The van der Waals surface area contributed by atoms with Gasteiger partial charge in [0.2, 0.25) is 0 Å². The molecule has 3 aromatic rings. The molecular formula is C25H25F2NO3S. The minimum absolute atomic E-state index is 0.0412. The number of alkyl halides is 2. The Hall–Kier alpha value is -2.77. The van der Waals surface area contributed by atoms with E-state index in [-0.39, 0.29) is 18.2 Å². The number of hydrogen-bond donors (Lipinski definition) is 1. The Kier molecular flexibility index (Phi) is 6.86. The fraction of sp³-hybridized carbons (Fsp3) is 0.320. The lowest BCUT2D eigenvalue weighted by Crippen LogP contribution is -2.29.